The quantitative estimate of drug-likeness (QED) is 0.886. The van der Waals surface area contributed by atoms with Gasteiger partial charge in [0, 0.05) is 54.8 Å². The van der Waals surface area contributed by atoms with Crippen molar-refractivity contribution in [3.8, 4) is 0 Å². The topological polar surface area (TPSA) is 87.5 Å². The molecule has 0 aromatic carbocycles. The Hall–Kier alpha value is -2.41. The van der Waals surface area contributed by atoms with E-state index in [4.69, 9.17) is 4.42 Å². The van der Waals surface area contributed by atoms with E-state index in [9.17, 15) is 9.59 Å². The number of nitrogens with zero attached hydrogens (tertiary/aromatic N) is 2. The minimum absolute atomic E-state index is 0.0776. The monoisotopic (exact) mass is 340 g/mol. The van der Waals surface area contributed by atoms with Gasteiger partial charge in [0.2, 0.25) is 11.8 Å². The van der Waals surface area contributed by atoms with Gasteiger partial charge in [0.1, 0.15) is 11.3 Å². The SMILES string of the molecule is O=C(N[C@@H]1C[C@H]2CC[C@@H]1N2)c1cc2oc(N3CCCC3=O)cc2cn1. The molecular formula is C18H20N4O3. The van der Waals surface area contributed by atoms with Gasteiger partial charge in [-0.25, -0.2) is 0 Å². The molecule has 0 unspecified atom stereocenters. The second-order valence-electron chi connectivity index (χ2n) is 7.20. The third-order valence-electron chi connectivity index (χ3n) is 5.58. The molecule has 2 N–H and O–H groups in total. The van der Waals surface area contributed by atoms with Crippen molar-refractivity contribution in [2.24, 2.45) is 0 Å². The molecule has 0 radical (unpaired) electrons. The lowest BCUT2D eigenvalue weighted by molar-refractivity contribution is -0.117. The lowest BCUT2D eigenvalue weighted by Gasteiger charge is -2.21. The van der Waals surface area contributed by atoms with Crippen molar-refractivity contribution in [3.05, 3.63) is 24.0 Å². The van der Waals surface area contributed by atoms with Crippen LogP contribution in [0.3, 0.4) is 0 Å². The number of hydrogen-bond donors (Lipinski definition) is 2. The maximum Gasteiger partial charge on any atom is 0.270 e. The van der Waals surface area contributed by atoms with Crippen molar-refractivity contribution in [2.45, 2.75) is 50.2 Å². The zero-order chi connectivity index (χ0) is 17.0. The Morgan fingerprint density at radius 2 is 2.28 bits per heavy atom. The van der Waals surface area contributed by atoms with E-state index in [1.807, 2.05) is 6.07 Å². The van der Waals surface area contributed by atoms with Gasteiger partial charge in [-0.15, -0.1) is 0 Å². The first-order valence-electron chi connectivity index (χ1n) is 8.94. The fourth-order valence-corrected chi connectivity index (χ4v) is 4.28. The molecule has 5 rings (SSSR count). The Kier molecular flexibility index (Phi) is 3.31. The fraction of sp³-hybridized carbons (Fsp3) is 0.500. The van der Waals surface area contributed by atoms with Crippen LogP contribution >= 0.6 is 0 Å². The summed E-state index contributed by atoms with van der Waals surface area (Å²) in [6.07, 6.45) is 6.34. The average molecular weight is 340 g/mol. The van der Waals surface area contributed by atoms with Crippen LogP contribution < -0.4 is 15.5 Å². The summed E-state index contributed by atoms with van der Waals surface area (Å²) in [5.74, 6) is 0.444. The van der Waals surface area contributed by atoms with Gasteiger partial charge < -0.3 is 15.1 Å². The summed E-state index contributed by atoms with van der Waals surface area (Å²) in [7, 11) is 0. The highest BCUT2D eigenvalue weighted by Crippen LogP contribution is 2.30. The van der Waals surface area contributed by atoms with E-state index in [-0.39, 0.29) is 17.9 Å². The van der Waals surface area contributed by atoms with E-state index in [0.717, 1.165) is 24.6 Å². The molecule has 3 saturated heterocycles. The van der Waals surface area contributed by atoms with Crippen molar-refractivity contribution >= 4 is 28.7 Å². The number of hydrogen-bond acceptors (Lipinski definition) is 5. The van der Waals surface area contributed by atoms with Crippen LogP contribution in [0, 0.1) is 0 Å². The third-order valence-corrected chi connectivity index (χ3v) is 5.58. The fourth-order valence-electron chi connectivity index (χ4n) is 4.28. The number of pyridine rings is 1. The van der Waals surface area contributed by atoms with E-state index in [0.29, 0.717) is 42.2 Å². The van der Waals surface area contributed by atoms with Crippen LogP contribution in [0.15, 0.2) is 22.7 Å². The molecule has 0 aliphatic carbocycles. The Labute approximate surface area is 144 Å². The number of amides is 2. The summed E-state index contributed by atoms with van der Waals surface area (Å²) in [6, 6.07) is 4.58. The number of carbonyl (C=O) groups excluding carboxylic acids is 2. The van der Waals surface area contributed by atoms with Crippen LogP contribution in [0.5, 0.6) is 0 Å². The van der Waals surface area contributed by atoms with Gasteiger partial charge >= 0.3 is 0 Å². The Balaban J connectivity index is 1.36. The molecule has 0 spiro atoms. The van der Waals surface area contributed by atoms with E-state index in [2.05, 4.69) is 15.6 Å². The average Bonchev–Trinajstić information content (AvgIpc) is 3.37. The maximum atomic E-state index is 12.5. The second-order valence-corrected chi connectivity index (χ2v) is 7.20. The molecule has 25 heavy (non-hydrogen) atoms. The molecule has 2 aromatic heterocycles. The van der Waals surface area contributed by atoms with Crippen LogP contribution in [0.2, 0.25) is 0 Å². The maximum absolute atomic E-state index is 12.5. The van der Waals surface area contributed by atoms with E-state index in [1.165, 1.54) is 6.42 Å². The summed E-state index contributed by atoms with van der Waals surface area (Å²) in [5.41, 5.74) is 0.935. The van der Waals surface area contributed by atoms with Gasteiger partial charge in [-0.05, 0) is 25.7 Å². The molecule has 2 aromatic rings. The molecule has 7 nitrogen and oxygen atoms in total. The van der Waals surface area contributed by atoms with Gasteiger partial charge in [-0.2, -0.15) is 0 Å². The van der Waals surface area contributed by atoms with Crippen molar-refractivity contribution in [3.63, 3.8) is 0 Å². The summed E-state index contributed by atoms with van der Waals surface area (Å²) >= 11 is 0. The molecule has 2 bridgehead atoms. The summed E-state index contributed by atoms with van der Waals surface area (Å²) < 4.78 is 5.81. The lowest BCUT2D eigenvalue weighted by Crippen LogP contribution is -2.43. The standard InChI is InChI=1S/C18H20N4O3/c23-16-2-1-5-22(16)17-6-10-9-19-14(8-15(10)25-17)18(24)21-13-7-11-3-4-12(13)20-11/h6,8-9,11-13,20H,1-5,7H2,(H,21,24)/t11-,12+,13-/m1/s1. The van der Waals surface area contributed by atoms with Gasteiger partial charge in [0.25, 0.3) is 5.91 Å². The highest BCUT2D eigenvalue weighted by Gasteiger charge is 2.39. The molecule has 3 aliphatic heterocycles. The normalized spacial score (nSPS) is 28.2. The Bertz CT molecular complexity index is 861. The lowest BCUT2D eigenvalue weighted by atomic mass is 9.95. The number of fused-ring (bicyclic) bond motifs is 3. The molecular weight excluding hydrogens is 320 g/mol. The van der Waals surface area contributed by atoms with Crippen molar-refractivity contribution in [1.29, 1.82) is 0 Å². The van der Waals surface area contributed by atoms with E-state index in [1.54, 1.807) is 17.2 Å². The van der Waals surface area contributed by atoms with Crippen LogP contribution in [0.1, 0.15) is 42.6 Å². The number of aromatic nitrogens is 1. The minimum Gasteiger partial charge on any atom is -0.440 e. The van der Waals surface area contributed by atoms with Crippen molar-refractivity contribution in [1.82, 2.24) is 15.6 Å². The van der Waals surface area contributed by atoms with Crippen molar-refractivity contribution < 1.29 is 14.0 Å². The molecule has 3 atom stereocenters. The zero-order valence-corrected chi connectivity index (χ0v) is 13.8. The molecule has 7 heteroatoms. The Morgan fingerprint density at radius 1 is 1.36 bits per heavy atom. The highest BCUT2D eigenvalue weighted by atomic mass is 16.4. The van der Waals surface area contributed by atoms with Crippen LogP contribution in [-0.4, -0.2) is 41.5 Å². The number of carbonyl (C=O) groups is 2. The van der Waals surface area contributed by atoms with Crippen LogP contribution in [0.4, 0.5) is 5.88 Å². The molecule has 3 aliphatic rings. The van der Waals surface area contributed by atoms with E-state index < -0.39 is 0 Å². The number of furan rings is 1. The number of nitrogens with one attached hydrogen (secondary N) is 2. The first-order chi connectivity index (χ1) is 12.2. The third kappa shape index (κ3) is 2.50. The Morgan fingerprint density at radius 3 is 3.00 bits per heavy atom. The molecule has 3 fully saturated rings. The largest absolute Gasteiger partial charge is 0.440 e. The first kappa shape index (κ1) is 14.9. The second kappa shape index (κ2) is 5.56. The van der Waals surface area contributed by atoms with Crippen LogP contribution in [0.25, 0.3) is 11.0 Å². The van der Waals surface area contributed by atoms with Crippen molar-refractivity contribution in [2.75, 3.05) is 11.4 Å². The van der Waals surface area contributed by atoms with E-state index >= 15 is 0 Å². The van der Waals surface area contributed by atoms with Gasteiger partial charge in [0.15, 0.2) is 0 Å². The number of anilines is 1. The molecule has 2 amide bonds. The molecule has 5 heterocycles. The molecule has 0 saturated carbocycles. The summed E-state index contributed by atoms with van der Waals surface area (Å²) in [4.78, 5) is 30.3. The van der Waals surface area contributed by atoms with Crippen LogP contribution in [-0.2, 0) is 4.79 Å². The summed E-state index contributed by atoms with van der Waals surface area (Å²) in [6.45, 7) is 0.677. The summed E-state index contributed by atoms with van der Waals surface area (Å²) in [5, 5.41) is 7.40. The van der Waals surface area contributed by atoms with Gasteiger partial charge in [-0.1, -0.05) is 0 Å². The smallest absolute Gasteiger partial charge is 0.270 e. The molecule has 130 valence electrons. The highest BCUT2D eigenvalue weighted by molar-refractivity contribution is 5.98. The first-order valence-corrected chi connectivity index (χ1v) is 8.94. The zero-order valence-electron chi connectivity index (χ0n) is 13.8. The van der Waals surface area contributed by atoms with Gasteiger partial charge in [-0.3, -0.25) is 19.5 Å². The predicted molar refractivity (Wildman–Crippen MR) is 91.4 cm³/mol. The van der Waals surface area contributed by atoms with Gasteiger partial charge in [0.05, 0.1) is 0 Å². The predicted octanol–water partition coefficient (Wildman–Crippen LogP) is 1.58. The number of rotatable bonds is 3. The minimum atomic E-state index is -0.170.